The Hall–Kier alpha value is -1.31. The summed E-state index contributed by atoms with van der Waals surface area (Å²) in [6.07, 6.45) is 0. The van der Waals surface area contributed by atoms with E-state index in [1.165, 1.54) is 11.7 Å². The molecule has 0 atom stereocenters. The maximum atomic E-state index is 13.8. The van der Waals surface area contributed by atoms with Crippen LogP contribution >= 0.6 is 23.8 Å². The first kappa shape index (κ1) is 14.1. The number of hydrogen-bond acceptors (Lipinski definition) is 3. The number of methoxy groups -OCH3 is 1. The minimum Gasteiger partial charge on any atom is -0.383 e. The van der Waals surface area contributed by atoms with Crippen molar-refractivity contribution in [3.05, 3.63) is 33.6 Å². The number of aromatic nitrogens is 3. The van der Waals surface area contributed by atoms with E-state index >= 15 is 0 Å². The lowest BCUT2D eigenvalue weighted by atomic mass is 10.2. The largest absolute Gasteiger partial charge is 0.383 e. The molecule has 0 amide bonds. The Bertz CT molecular complexity index is 656. The zero-order valence-electron chi connectivity index (χ0n) is 9.91. The van der Waals surface area contributed by atoms with Crippen molar-refractivity contribution in [2.24, 2.45) is 0 Å². The molecule has 0 bridgehead atoms. The van der Waals surface area contributed by atoms with Crippen LogP contribution in [0, 0.1) is 16.4 Å². The van der Waals surface area contributed by atoms with Gasteiger partial charge in [-0.1, -0.05) is 11.6 Å². The molecule has 1 heterocycles. The Kier molecular flexibility index (Phi) is 4.28. The molecule has 4 nitrogen and oxygen atoms in total. The average Bonchev–Trinajstić information content (AvgIpc) is 2.72. The Morgan fingerprint density at radius 3 is 2.84 bits per heavy atom. The van der Waals surface area contributed by atoms with Crippen molar-refractivity contribution in [3.63, 3.8) is 0 Å². The average molecular weight is 306 g/mol. The van der Waals surface area contributed by atoms with Crippen molar-refractivity contribution in [1.29, 1.82) is 0 Å². The zero-order chi connectivity index (χ0) is 14.0. The number of benzene rings is 1. The highest BCUT2D eigenvalue weighted by Crippen LogP contribution is 2.26. The Morgan fingerprint density at radius 2 is 2.16 bits per heavy atom. The van der Waals surface area contributed by atoms with Crippen LogP contribution in [0.5, 0.6) is 0 Å². The van der Waals surface area contributed by atoms with Gasteiger partial charge < -0.3 is 4.74 Å². The summed E-state index contributed by atoms with van der Waals surface area (Å²) in [7, 11) is 1.53. The second-order valence-electron chi connectivity index (χ2n) is 3.74. The molecular formula is C11H10ClF2N3OS. The van der Waals surface area contributed by atoms with Gasteiger partial charge in [0.05, 0.1) is 23.7 Å². The van der Waals surface area contributed by atoms with Gasteiger partial charge in [0, 0.05) is 7.11 Å². The second kappa shape index (κ2) is 5.77. The molecule has 19 heavy (non-hydrogen) atoms. The molecule has 1 aromatic carbocycles. The fourth-order valence-corrected chi connectivity index (χ4v) is 1.98. The Morgan fingerprint density at radius 1 is 1.42 bits per heavy atom. The molecule has 102 valence electrons. The van der Waals surface area contributed by atoms with Crippen molar-refractivity contribution in [2.45, 2.75) is 6.54 Å². The summed E-state index contributed by atoms with van der Waals surface area (Å²) >= 11 is 10.5. The normalized spacial score (nSPS) is 10.9. The number of nitrogens with one attached hydrogen (secondary N) is 1. The minimum absolute atomic E-state index is 0.00893. The summed E-state index contributed by atoms with van der Waals surface area (Å²) in [6, 6.07) is 1.90. The van der Waals surface area contributed by atoms with E-state index in [9.17, 15) is 8.78 Å². The number of rotatable bonds is 4. The highest BCUT2D eigenvalue weighted by Gasteiger charge is 2.16. The smallest absolute Gasteiger partial charge is 0.195 e. The number of hydrogen-bond donors (Lipinski definition) is 1. The van der Waals surface area contributed by atoms with Gasteiger partial charge in [-0.2, -0.15) is 5.10 Å². The third-order valence-corrected chi connectivity index (χ3v) is 3.13. The van der Waals surface area contributed by atoms with E-state index in [1.54, 1.807) is 0 Å². The fraction of sp³-hybridized carbons (Fsp3) is 0.273. The van der Waals surface area contributed by atoms with Gasteiger partial charge in [0.2, 0.25) is 0 Å². The predicted octanol–water partition coefficient (Wildman–Crippen LogP) is 3.19. The molecule has 0 aliphatic rings. The first-order chi connectivity index (χ1) is 9.04. The molecule has 1 N–H and O–H groups in total. The summed E-state index contributed by atoms with van der Waals surface area (Å²) in [5.74, 6) is -1.18. The molecule has 0 unspecified atom stereocenters. The number of halogens is 3. The quantitative estimate of drug-likeness (QED) is 0.697. The van der Waals surface area contributed by atoms with Crippen LogP contribution in [-0.4, -0.2) is 28.5 Å². The van der Waals surface area contributed by atoms with Gasteiger partial charge in [0.1, 0.15) is 11.6 Å². The topological polar surface area (TPSA) is 42.8 Å². The molecule has 0 radical (unpaired) electrons. The van der Waals surface area contributed by atoms with Crippen molar-refractivity contribution in [2.75, 3.05) is 13.7 Å². The lowest BCUT2D eigenvalue weighted by Crippen LogP contribution is -2.07. The van der Waals surface area contributed by atoms with Crippen molar-refractivity contribution >= 4 is 23.8 Å². The fourth-order valence-electron chi connectivity index (χ4n) is 1.61. The lowest BCUT2D eigenvalue weighted by molar-refractivity contribution is 0.187. The van der Waals surface area contributed by atoms with Crippen LogP contribution in [0.4, 0.5) is 8.78 Å². The molecule has 1 aromatic heterocycles. The Labute approximate surface area is 118 Å². The van der Waals surface area contributed by atoms with Crippen LogP contribution in [-0.2, 0) is 11.3 Å². The highest BCUT2D eigenvalue weighted by molar-refractivity contribution is 7.71. The van der Waals surface area contributed by atoms with Gasteiger partial charge in [0.15, 0.2) is 10.6 Å². The highest BCUT2D eigenvalue weighted by atomic mass is 35.5. The monoisotopic (exact) mass is 305 g/mol. The maximum Gasteiger partial charge on any atom is 0.195 e. The maximum absolute atomic E-state index is 13.8. The van der Waals surface area contributed by atoms with E-state index in [1.807, 2.05) is 0 Å². The second-order valence-corrected chi connectivity index (χ2v) is 4.54. The predicted molar refractivity (Wildman–Crippen MR) is 69.6 cm³/mol. The van der Waals surface area contributed by atoms with Crippen LogP contribution in [0.1, 0.15) is 0 Å². The molecule has 2 rings (SSSR count). The number of ether oxygens (including phenoxy) is 1. The number of nitrogens with zero attached hydrogens (tertiary/aromatic N) is 2. The molecular weight excluding hydrogens is 296 g/mol. The van der Waals surface area contributed by atoms with Crippen molar-refractivity contribution in [1.82, 2.24) is 14.8 Å². The van der Waals surface area contributed by atoms with E-state index in [0.29, 0.717) is 17.9 Å². The molecule has 8 heteroatoms. The van der Waals surface area contributed by atoms with Crippen molar-refractivity contribution < 1.29 is 13.5 Å². The van der Waals surface area contributed by atoms with Crippen LogP contribution in [0.2, 0.25) is 5.02 Å². The zero-order valence-corrected chi connectivity index (χ0v) is 11.5. The molecule has 0 saturated carbocycles. The number of aromatic amines is 1. The standard InChI is InChI=1S/C11H10ClF2N3OS/c1-18-3-2-17-10(15-16-11(17)19)6-4-9(14)7(12)5-8(6)13/h4-5H,2-3H2,1H3,(H,16,19). The lowest BCUT2D eigenvalue weighted by Gasteiger charge is -2.07. The molecule has 2 aromatic rings. The molecule has 0 spiro atoms. The van der Waals surface area contributed by atoms with Crippen LogP contribution < -0.4 is 0 Å². The molecule has 0 aliphatic heterocycles. The van der Waals surface area contributed by atoms with E-state index < -0.39 is 11.6 Å². The summed E-state index contributed by atoms with van der Waals surface area (Å²) in [4.78, 5) is 0. The third-order valence-electron chi connectivity index (χ3n) is 2.53. The summed E-state index contributed by atoms with van der Waals surface area (Å²) in [5, 5.41) is 6.18. The summed E-state index contributed by atoms with van der Waals surface area (Å²) < 4.78 is 34.1. The van der Waals surface area contributed by atoms with Gasteiger partial charge in [-0.25, -0.2) is 8.78 Å². The summed E-state index contributed by atoms with van der Waals surface area (Å²) in [6.45, 7) is 0.753. The van der Waals surface area contributed by atoms with Crippen LogP contribution in [0.3, 0.4) is 0 Å². The van der Waals surface area contributed by atoms with Gasteiger partial charge in [-0.15, -0.1) is 0 Å². The SMILES string of the molecule is COCCn1c(-c2cc(F)c(Cl)cc2F)n[nH]c1=S. The van der Waals surface area contributed by atoms with Crippen LogP contribution in [0.25, 0.3) is 11.4 Å². The number of H-pyrrole nitrogens is 1. The minimum atomic E-state index is -0.717. The summed E-state index contributed by atoms with van der Waals surface area (Å²) in [5.41, 5.74) is -0.00893. The van der Waals surface area contributed by atoms with Crippen LogP contribution in [0.15, 0.2) is 12.1 Å². The molecule has 0 aliphatic carbocycles. The molecule has 0 fully saturated rings. The van der Waals surface area contributed by atoms with Gasteiger partial charge in [-0.05, 0) is 24.4 Å². The first-order valence-corrected chi connectivity index (χ1v) is 6.12. The molecule has 0 saturated heterocycles. The van der Waals surface area contributed by atoms with Gasteiger partial charge in [0.25, 0.3) is 0 Å². The van der Waals surface area contributed by atoms with Gasteiger partial charge >= 0.3 is 0 Å². The first-order valence-electron chi connectivity index (χ1n) is 5.33. The van der Waals surface area contributed by atoms with E-state index in [2.05, 4.69) is 10.2 Å². The Balaban J connectivity index is 2.53. The van der Waals surface area contributed by atoms with E-state index in [4.69, 9.17) is 28.6 Å². The van der Waals surface area contributed by atoms with E-state index in [-0.39, 0.29) is 16.4 Å². The van der Waals surface area contributed by atoms with Gasteiger partial charge in [-0.3, -0.25) is 9.67 Å². The van der Waals surface area contributed by atoms with E-state index in [0.717, 1.165) is 12.1 Å². The van der Waals surface area contributed by atoms with Crippen molar-refractivity contribution in [3.8, 4) is 11.4 Å². The third kappa shape index (κ3) is 2.83.